The summed E-state index contributed by atoms with van der Waals surface area (Å²) in [6, 6.07) is 16.1. The number of hydrogen-bond donors (Lipinski definition) is 1. The van der Waals surface area contributed by atoms with E-state index in [0.717, 1.165) is 24.0 Å². The normalized spacial score (nSPS) is 12.2. The zero-order valence-electron chi connectivity index (χ0n) is 24.9. The molecule has 11 nitrogen and oxygen atoms in total. The number of carbonyl (C=O) groups is 2. The first-order chi connectivity index (χ1) is 20.5. The van der Waals surface area contributed by atoms with Gasteiger partial charge in [0.05, 0.1) is 18.3 Å². The number of nitrogens with one attached hydrogen (secondary N) is 1. The van der Waals surface area contributed by atoms with Crippen molar-refractivity contribution < 1.29 is 27.7 Å². The molecule has 0 aliphatic rings. The lowest BCUT2D eigenvalue weighted by molar-refractivity contribution is -0.384. The molecule has 236 valence electrons. The van der Waals surface area contributed by atoms with Gasteiger partial charge in [-0.15, -0.1) is 0 Å². The lowest BCUT2D eigenvalue weighted by Gasteiger charge is -2.35. The number of rotatable bonds is 12. The molecule has 0 saturated heterocycles. The molecule has 2 amide bonds. The molecular formula is C30H34Cl2N4O7S. The summed E-state index contributed by atoms with van der Waals surface area (Å²) in [5.74, 6) is -1.29. The van der Waals surface area contributed by atoms with E-state index in [1.54, 1.807) is 63.2 Å². The Labute approximate surface area is 266 Å². The number of sulfonamides is 1. The Morgan fingerprint density at radius 3 is 2.16 bits per heavy atom. The molecule has 0 aromatic heterocycles. The number of halogens is 2. The highest BCUT2D eigenvalue weighted by molar-refractivity contribution is 7.92. The molecule has 0 aliphatic heterocycles. The number of nitro benzene ring substituents is 1. The van der Waals surface area contributed by atoms with Crippen LogP contribution in [0.2, 0.25) is 10.0 Å². The third-order valence-electron chi connectivity index (χ3n) is 6.48. The van der Waals surface area contributed by atoms with Gasteiger partial charge in [-0.1, -0.05) is 59.6 Å². The van der Waals surface area contributed by atoms with Gasteiger partial charge in [0, 0.05) is 46.2 Å². The first kappa shape index (κ1) is 34.6. The van der Waals surface area contributed by atoms with Gasteiger partial charge in [0.1, 0.15) is 24.0 Å². The molecule has 0 spiro atoms. The lowest BCUT2D eigenvalue weighted by atomic mass is 10.0. The van der Waals surface area contributed by atoms with Gasteiger partial charge in [0.25, 0.3) is 5.69 Å². The zero-order valence-corrected chi connectivity index (χ0v) is 27.2. The smallest absolute Gasteiger partial charge is 0.271 e. The van der Waals surface area contributed by atoms with Gasteiger partial charge in [-0.2, -0.15) is 0 Å². The zero-order chi connectivity index (χ0) is 32.8. The minimum atomic E-state index is -4.21. The molecule has 0 unspecified atom stereocenters. The van der Waals surface area contributed by atoms with Crippen molar-refractivity contribution in [1.82, 2.24) is 10.2 Å². The van der Waals surface area contributed by atoms with E-state index in [-0.39, 0.29) is 34.4 Å². The van der Waals surface area contributed by atoms with Crippen molar-refractivity contribution in [2.24, 2.45) is 0 Å². The molecule has 44 heavy (non-hydrogen) atoms. The SMILES string of the molecule is COc1ccc([N+](=O)[O-])cc1N(CC(=O)N(Cc1c(Cl)cccc1Cl)[C@H](Cc1ccccc1)C(=O)NC(C)(C)C)S(C)(=O)=O. The van der Waals surface area contributed by atoms with E-state index in [9.17, 15) is 28.1 Å². The fourth-order valence-electron chi connectivity index (χ4n) is 4.44. The van der Waals surface area contributed by atoms with Crippen molar-refractivity contribution >= 4 is 56.4 Å². The summed E-state index contributed by atoms with van der Waals surface area (Å²) in [7, 11) is -2.94. The fraction of sp³-hybridized carbons (Fsp3) is 0.333. The average Bonchev–Trinajstić information content (AvgIpc) is 2.93. The van der Waals surface area contributed by atoms with E-state index in [0.29, 0.717) is 9.87 Å². The predicted molar refractivity (Wildman–Crippen MR) is 171 cm³/mol. The molecule has 0 fully saturated rings. The first-order valence-corrected chi connectivity index (χ1v) is 16.0. The van der Waals surface area contributed by atoms with Crippen LogP contribution in [-0.2, 0) is 32.6 Å². The van der Waals surface area contributed by atoms with Gasteiger partial charge in [-0.05, 0) is 44.5 Å². The van der Waals surface area contributed by atoms with Crippen LogP contribution < -0.4 is 14.4 Å². The Bertz CT molecular complexity index is 1610. The van der Waals surface area contributed by atoms with E-state index in [2.05, 4.69) is 5.32 Å². The third-order valence-corrected chi connectivity index (χ3v) is 8.32. The minimum Gasteiger partial charge on any atom is -0.495 e. The van der Waals surface area contributed by atoms with Gasteiger partial charge >= 0.3 is 0 Å². The molecule has 1 N–H and O–H groups in total. The highest BCUT2D eigenvalue weighted by atomic mass is 35.5. The lowest BCUT2D eigenvalue weighted by Crippen LogP contribution is -2.56. The Morgan fingerprint density at radius 1 is 1.02 bits per heavy atom. The van der Waals surface area contributed by atoms with Crippen LogP contribution in [0.5, 0.6) is 5.75 Å². The van der Waals surface area contributed by atoms with Crippen molar-refractivity contribution in [3.05, 3.63) is 98.0 Å². The van der Waals surface area contributed by atoms with Crippen molar-refractivity contribution in [3.63, 3.8) is 0 Å². The maximum Gasteiger partial charge on any atom is 0.271 e. The molecular weight excluding hydrogens is 631 g/mol. The Balaban J connectivity index is 2.19. The summed E-state index contributed by atoms with van der Waals surface area (Å²) >= 11 is 13.0. The van der Waals surface area contributed by atoms with E-state index in [1.165, 1.54) is 18.1 Å². The Hall–Kier alpha value is -3.87. The monoisotopic (exact) mass is 664 g/mol. The average molecular weight is 666 g/mol. The number of carbonyl (C=O) groups excluding carboxylic acids is 2. The van der Waals surface area contributed by atoms with Gasteiger partial charge in [-0.3, -0.25) is 24.0 Å². The molecule has 0 bridgehead atoms. The van der Waals surface area contributed by atoms with Crippen LogP contribution in [0.25, 0.3) is 0 Å². The number of nitrogens with zero attached hydrogens (tertiary/aromatic N) is 3. The summed E-state index contributed by atoms with van der Waals surface area (Å²) in [4.78, 5) is 40.2. The molecule has 0 aliphatic carbocycles. The second-order valence-corrected chi connectivity index (χ2v) is 13.8. The number of benzene rings is 3. The molecule has 3 aromatic carbocycles. The third kappa shape index (κ3) is 9.07. The van der Waals surface area contributed by atoms with Gasteiger partial charge in [-0.25, -0.2) is 8.42 Å². The number of amides is 2. The van der Waals surface area contributed by atoms with Crippen LogP contribution in [0, 0.1) is 10.1 Å². The van der Waals surface area contributed by atoms with Crippen molar-refractivity contribution in [3.8, 4) is 5.75 Å². The van der Waals surface area contributed by atoms with Crippen LogP contribution in [0.4, 0.5) is 11.4 Å². The highest BCUT2D eigenvalue weighted by Gasteiger charge is 2.36. The first-order valence-electron chi connectivity index (χ1n) is 13.4. The number of anilines is 1. The van der Waals surface area contributed by atoms with E-state index in [4.69, 9.17) is 27.9 Å². The highest BCUT2D eigenvalue weighted by Crippen LogP contribution is 2.34. The fourth-order valence-corrected chi connectivity index (χ4v) is 5.80. The quantitative estimate of drug-likeness (QED) is 0.207. The van der Waals surface area contributed by atoms with Crippen LogP contribution >= 0.6 is 23.2 Å². The van der Waals surface area contributed by atoms with Crippen molar-refractivity contribution in [2.45, 2.75) is 45.3 Å². The molecule has 3 aromatic rings. The van der Waals surface area contributed by atoms with Crippen LogP contribution in [0.3, 0.4) is 0 Å². The van der Waals surface area contributed by atoms with Gasteiger partial charge in [0.2, 0.25) is 21.8 Å². The maximum absolute atomic E-state index is 14.3. The second-order valence-electron chi connectivity index (χ2n) is 11.0. The summed E-state index contributed by atoms with van der Waals surface area (Å²) in [5.41, 5.74) is -0.201. The number of methoxy groups -OCH3 is 1. The molecule has 1 atom stereocenters. The Morgan fingerprint density at radius 2 is 1.64 bits per heavy atom. The van der Waals surface area contributed by atoms with Gasteiger partial charge in [0.15, 0.2) is 0 Å². The van der Waals surface area contributed by atoms with E-state index < -0.39 is 50.6 Å². The van der Waals surface area contributed by atoms with Crippen molar-refractivity contribution in [1.29, 1.82) is 0 Å². The van der Waals surface area contributed by atoms with Crippen LogP contribution in [0.1, 0.15) is 31.9 Å². The standard InChI is InChI=1S/C30H34Cl2N4O7S/c1-30(2,3)33-29(38)26(16-20-10-7-6-8-11-20)34(18-22-23(31)12-9-13-24(22)32)28(37)19-35(44(5,41)42)25-17-21(36(39)40)14-15-27(25)43-4/h6-15,17,26H,16,18-19H2,1-5H3,(H,33,38)/t26-/m1/s1. The molecule has 14 heteroatoms. The van der Waals surface area contributed by atoms with Gasteiger partial charge < -0.3 is 15.0 Å². The summed E-state index contributed by atoms with van der Waals surface area (Å²) < 4.78 is 32.2. The molecule has 3 rings (SSSR count). The summed E-state index contributed by atoms with van der Waals surface area (Å²) in [6.45, 7) is 4.33. The number of nitro groups is 1. The molecule has 0 radical (unpaired) electrons. The topological polar surface area (TPSA) is 139 Å². The molecule has 0 saturated carbocycles. The minimum absolute atomic E-state index is 0.0131. The van der Waals surface area contributed by atoms with Crippen LogP contribution in [0.15, 0.2) is 66.7 Å². The molecule has 0 heterocycles. The van der Waals surface area contributed by atoms with E-state index in [1.807, 2.05) is 6.07 Å². The number of non-ortho nitro benzene ring substituents is 1. The van der Waals surface area contributed by atoms with Crippen LogP contribution in [-0.4, -0.2) is 61.5 Å². The van der Waals surface area contributed by atoms with Crippen molar-refractivity contribution in [2.75, 3.05) is 24.2 Å². The second kappa shape index (κ2) is 14.3. The largest absolute Gasteiger partial charge is 0.495 e. The summed E-state index contributed by atoms with van der Waals surface area (Å²) in [6.07, 6.45) is 0.942. The predicted octanol–water partition coefficient (Wildman–Crippen LogP) is 5.23. The van der Waals surface area contributed by atoms with E-state index >= 15 is 0 Å². The number of hydrogen-bond acceptors (Lipinski definition) is 7. The summed E-state index contributed by atoms with van der Waals surface area (Å²) in [5, 5.41) is 14.9. The number of ether oxygens (including phenoxy) is 1. The Kier molecular flexibility index (Phi) is 11.2. The maximum atomic E-state index is 14.3.